The maximum atomic E-state index is 6.94. The molecular weight excluding hydrogens is 743 g/mol. The third kappa shape index (κ3) is 5.98. The average molecular weight is 780 g/mol. The van der Waals surface area contributed by atoms with Gasteiger partial charge in [-0.2, -0.15) is 0 Å². The fourth-order valence-corrected chi connectivity index (χ4v) is 9.05. The molecular formula is C58H37NO2. The van der Waals surface area contributed by atoms with Crippen LogP contribution in [-0.4, -0.2) is 0 Å². The number of anilines is 3. The number of benzene rings is 10. The predicted octanol–water partition coefficient (Wildman–Crippen LogP) is 16.8. The largest absolute Gasteiger partial charge is 0.455 e. The molecule has 0 fully saturated rings. The van der Waals surface area contributed by atoms with Gasteiger partial charge in [0.25, 0.3) is 0 Å². The molecule has 0 N–H and O–H groups in total. The molecule has 0 aliphatic heterocycles. The Hall–Kier alpha value is -8.14. The smallest absolute Gasteiger partial charge is 0.159 e. The molecule has 0 saturated heterocycles. The van der Waals surface area contributed by atoms with Gasteiger partial charge < -0.3 is 13.7 Å². The van der Waals surface area contributed by atoms with Crippen molar-refractivity contribution in [2.24, 2.45) is 0 Å². The second-order valence-electron chi connectivity index (χ2n) is 15.7. The normalized spacial score (nSPS) is 11.6. The Balaban J connectivity index is 1.02. The third-order valence-electron chi connectivity index (χ3n) is 12.1. The average Bonchev–Trinajstić information content (AvgIpc) is 3.92. The molecule has 3 nitrogen and oxygen atoms in total. The van der Waals surface area contributed by atoms with Crippen molar-refractivity contribution in [1.82, 2.24) is 0 Å². The van der Waals surface area contributed by atoms with Gasteiger partial charge in [-0.15, -0.1) is 0 Å². The fraction of sp³-hybridized carbons (Fsp3) is 0. The van der Waals surface area contributed by atoms with Crippen molar-refractivity contribution in [2.45, 2.75) is 0 Å². The minimum absolute atomic E-state index is 0.823. The molecule has 0 unspecified atom stereocenters. The van der Waals surface area contributed by atoms with Crippen LogP contribution in [0.25, 0.3) is 99.2 Å². The zero-order valence-corrected chi connectivity index (χ0v) is 33.1. The highest BCUT2D eigenvalue weighted by Gasteiger charge is 2.25. The van der Waals surface area contributed by atoms with Gasteiger partial charge in [0.1, 0.15) is 16.7 Å². The summed E-state index contributed by atoms with van der Waals surface area (Å²) in [6, 6.07) is 79.7. The summed E-state index contributed by atoms with van der Waals surface area (Å²) >= 11 is 0. The lowest BCUT2D eigenvalue weighted by Crippen LogP contribution is -2.10. The van der Waals surface area contributed by atoms with Crippen molar-refractivity contribution in [1.29, 1.82) is 0 Å². The molecule has 0 spiro atoms. The van der Waals surface area contributed by atoms with Crippen LogP contribution in [0.4, 0.5) is 17.1 Å². The van der Waals surface area contributed by atoms with Crippen LogP contribution in [0.5, 0.6) is 0 Å². The van der Waals surface area contributed by atoms with Gasteiger partial charge in [0.2, 0.25) is 0 Å². The summed E-state index contributed by atoms with van der Waals surface area (Å²) in [6.45, 7) is 0. The quantitative estimate of drug-likeness (QED) is 0.161. The van der Waals surface area contributed by atoms with Crippen LogP contribution >= 0.6 is 0 Å². The first-order valence-corrected chi connectivity index (χ1v) is 20.7. The number of rotatable bonds is 7. The number of furan rings is 2. The highest BCUT2D eigenvalue weighted by molar-refractivity contribution is 6.19. The molecule has 286 valence electrons. The lowest BCUT2D eigenvalue weighted by molar-refractivity contribution is 0.668. The summed E-state index contributed by atoms with van der Waals surface area (Å²) in [5.74, 6) is 0. The minimum atomic E-state index is 0.823. The van der Waals surface area contributed by atoms with Crippen LogP contribution < -0.4 is 4.90 Å². The van der Waals surface area contributed by atoms with E-state index in [1.165, 1.54) is 21.9 Å². The van der Waals surface area contributed by atoms with Crippen molar-refractivity contribution in [3.63, 3.8) is 0 Å². The van der Waals surface area contributed by atoms with E-state index in [1.54, 1.807) is 0 Å². The van der Waals surface area contributed by atoms with E-state index in [0.29, 0.717) is 0 Å². The monoisotopic (exact) mass is 779 g/mol. The molecule has 61 heavy (non-hydrogen) atoms. The van der Waals surface area contributed by atoms with Crippen LogP contribution in [0.15, 0.2) is 233 Å². The zero-order valence-electron chi connectivity index (χ0n) is 33.1. The van der Waals surface area contributed by atoms with Crippen LogP contribution in [0.2, 0.25) is 0 Å². The van der Waals surface area contributed by atoms with Gasteiger partial charge in [0.05, 0.1) is 16.8 Å². The molecule has 0 atom stereocenters. The second-order valence-corrected chi connectivity index (χ2v) is 15.7. The molecule has 0 aliphatic carbocycles. The summed E-state index contributed by atoms with van der Waals surface area (Å²) in [5.41, 5.74) is 15.5. The number of hydrogen-bond acceptors (Lipinski definition) is 3. The van der Waals surface area contributed by atoms with E-state index in [2.05, 4.69) is 217 Å². The van der Waals surface area contributed by atoms with Gasteiger partial charge in [-0.1, -0.05) is 170 Å². The molecule has 0 aliphatic rings. The molecule has 2 aromatic heterocycles. The number of para-hydroxylation sites is 2. The van der Waals surface area contributed by atoms with Gasteiger partial charge in [-0.05, 0) is 104 Å². The summed E-state index contributed by atoms with van der Waals surface area (Å²) in [5, 5.41) is 6.74. The summed E-state index contributed by atoms with van der Waals surface area (Å²) in [4.78, 5) is 2.34. The molecule has 12 rings (SSSR count). The van der Waals surface area contributed by atoms with Gasteiger partial charge in [0, 0.05) is 27.4 Å². The first-order chi connectivity index (χ1) is 30.2. The minimum Gasteiger partial charge on any atom is -0.455 e. The lowest BCUT2D eigenvalue weighted by Gasteiger charge is -2.27. The van der Waals surface area contributed by atoms with E-state index in [0.717, 1.165) is 94.3 Å². The third-order valence-corrected chi connectivity index (χ3v) is 12.1. The highest BCUT2D eigenvalue weighted by Crippen LogP contribution is 2.49. The summed E-state index contributed by atoms with van der Waals surface area (Å²) in [7, 11) is 0. The summed E-state index contributed by atoms with van der Waals surface area (Å²) in [6.07, 6.45) is 0. The van der Waals surface area contributed by atoms with Crippen LogP contribution in [0, 0.1) is 0 Å². The van der Waals surface area contributed by atoms with Gasteiger partial charge in [0.15, 0.2) is 5.58 Å². The van der Waals surface area contributed by atoms with Crippen LogP contribution in [0.1, 0.15) is 0 Å². The van der Waals surface area contributed by atoms with E-state index >= 15 is 0 Å². The Labute approximate surface area is 353 Å². The molecule has 2 heterocycles. The van der Waals surface area contributed by atoms with E-state index < -0.39 is 0 Å². The standard InChI is InChI=1S/C58H37NO2/c1-3-12-38(13-4-1)46-30-33-49-50-19-11-20-53(57(50)61-55(49)37-46)59(52-35-34-48(43-15-5-2-6-16-43)58-56(52)51-18-9-10-21-54(51)60-58)47-31-28-41(29-32-47)40-22-24-42(25-23-40)45-27-26-39-14-7-8-17-44(39)36-45/h1-37H. The molecule has 3 heteroatoms. The molecule has 12 aromatic rings. The Morgan fingerprint density at radius 1 is 0.295 bits per heavy atom. The van der Waals surface area contributed by atoms with Crippen molar-refractivity contribution in [3.05, 3.63) is 224 Å². The van der Waals surface area contributed by atoms with Crippen molar-refractivity contribution in [3.8, 4) is 44.5 Å². The Morgan fingerprint density at radius 3 is 1.66 bits per heavy atom. The van der Waals surface area contributed by atoms with E-state index in [1.807, 2.05) is 12.1 Å². The first kappa shape index (κ1) is 34.9. The van der Waals surface area contributed by atoms with E-state index in [-0.39, 0.29) is 0 Å². The molecule has 0 saturated carbocycles. The van der Waals surface area contributed by atoms with E-state index in [9.17, 15) is 0 Å². The Morgan fingerprint density at radius 2 is 0.869 bits per heavy atom. The predicted molar refractivity (Wildman–Crippen MR) is 255 cm³/mol. The van der Waals surface area contributed by atoms with Crippen molar-refractivity contribution < 1.29 is 8.83 Å². The number of hydrogen-bond donors (Lipinski definition) is 0. The lowest BCUT2D eigenvalue weighted by atomic mass is 9.98. The SMILES string of the molecule is c1ccc(-c2ccc3c(c2)oc2c(N(c4ccc(-c5ccc(-c6ccc7ccccc7c6)cc5)cc4)c4ccc(-c5ccccc5)c5oc6ccccc6c45)cccc23)cc1. The maximum absolute atomic E-state index is 6.94. The molecule has 0 bridgehead atoms. The molecule has 0 amide bonds. The fourth-order valence-electron chi connectivity index (χ4n) is 9.05. The van der Waals surface area contributed by atoms with Gasteiger partial charge >= 0.3 is 0 Å². The maximum Gasteiger partial charge on any atom is 0.159 e. The second kappa shape index (κ2) is 14.3. The number of nitrogens with zero attached hydrogens (tertiary/aromatic N) is 1. The first-order valence-electron chi connectivity index (χ1n) is 20.7. The van der Waals surface area contributed by atoms with Crippen molar-refractivity contribution >= 4 is 71.7 Å². The van der Waals surface area contributed by atoms with E-state index in [4.69, 9.17) is 8.83 Å². The molecule has 0 radical (unpaired) electrons. The Bertz CT molecular complexity index is 3560. The highest BCUT2D eigenvalue weighted by atomic mass is 16.3. The van der Waals surface area contributed by atoms with Crippen molar-refractivity contribution in [2.75, 3.05) is 4.90 Å². The van der Waals surface area contributed by atoms with Crippen LogP contribution in [-0.2, 0) is 0 Å². The Kier molecular flexibility index (Phi) is 8.17. The zero-order chi connectivity index (χ0) is 40.3. The molecule has 10 aromatic carbocycles. The topological polar surface area (TPSA) is 29.5 Å². The van der Waals surface area contributed by atoms with Crippen LogP contribution in [0.3, 0.4) is 0 Å². The van der Waals surface area contributed by atoms with Gasteiger partial charge in [-0.3, -0.25) is 0 Å². The number of fused-ring (bicyclic) bond motifs is 7. The summed E-state index contributed by atoms with van der Waals surface area (Å²) < 4.78 is 13.7. The van der Waals surface area contributed by atoms with Gasteiger partial charge in [-0.25, -0.2) is 0 Å².